The Morgan fingerprint density at radius 1 is 1.64 bits per heavy atom. The van der Waals surface area contributed by atoms with E-state index in [0.29, 0.717) is 13.1 Å². The number of hydrogen-bond acceptors (Lipinski definition) is 4. The Kier molecular flexibility index (Phi) is 3.91. The van der Waals surface area contributed by atoms with Gasteiger partial charge in [0.1, 0.15) is 0 Å². The van der Waals surface area contributed by atoms with Crippen molar-refractivity contribution in [1.82, 2.24) is 10.1 Å². The van der Waals surface area contributed by atoms with E-state index in [1.54, 1.807) is 11.6 Å². The third kappa shape index (κ3) is 2.46. The van der Waals surface area contributed by atoms with Gasteiger partial charge in [-0.2, -0.15) is 0 Å². The van der Waals surface area contributed by atoms with Crippen LogP contribution in [0.4, 0.5) is 0 Å². The molecule has 0 saturated carbocycles. The maximum atomic E-state index is 10.9. The van der Waals surface area contributed by atoms with Crippen LogP contribution in [0.5, 0.6) is 0 Å². The third-order valence-electron chi connectivity index (χ3n) is 2.66. The molecule has 2 unspecified atom stereocenters. The van der Waals surface area contributed by atoms with Gasteiger partial charge in [-0.1, -0.05) is 6.92 Å². The van der Waals surface area contributed by atoms with E-state index in [4.69, 9.17) is 5.11 Å². The molecular weight excluding hydrogens is 183 g/mol. The minimum atomic E-state index is -0.792. The van der Waals surface area contributed by atoms with E-state index >= 15 is 0 Å². The molecule has 0 aromatic carbocycles. The van der Waals surface area contributed by atoms with Gasteiger partial charge in [0.25, 0.3) is 0 Å². The van der Waals surface area contributed by atoms with Crippen LogP contribution in [-0.2, 0) is 4.79 Å². The van der Waals surface area contributed by atoms with E-state index < -0.39 is 18.9 Å². The van der Waals surface area contributed by atoms with Crippen LogP contribution in [0.25, 0.3) is 0 Å². The summed E-state index contributed by atoms with van der Waals surface area (Å²) in [5, 5.41) is 21.4. The molecule has 1 aliphatic heterocycles. The number of rotatable bonds is 4. The van der Waals surface area contributed by atoms with Crippen molar-refractivity contribution in [3.8, 4) is 0 Å². The van der Waals surface area contributed by atoms with Gasteiger partial charge in [0, 0.05) is 19.1 Å². The Balaban J connectivity index is 2.60. The summed E-state index contributed by atoms with van der Waals surface area (Å²) in [7, 11) is -0.569. The zero-order valence-corrected chi connectivity index (χ0v) is 8.60. The van der Waals surface area contributed by atoms with Gasteiger partial charge in [-0.3, -0.25) is 4.79 Å². The van der Waals surface area contributed by atoms with Crippen LogP contribution in [0.3, 0.4) is 0 Å². The molecule has 14 heavy (non-hydrogen) atoms. The maximum Gasteiger partial charge on any atom is 0.376 e. The van der Waals surface area contributed by atoms with Gasteiger partial charge in [0.05, 0.1) is 5.92 Å². The number of carboxylic acid groups (broad SMARTS) is 1. The van der Waals surface area contributed by atoms with Gasteiger partial charge >= 0.3 is 13.0 Å². The summed E-state index contributed by atoms with van der Waals surface area (Å²) < 4.78 is 0. The first kappa shape index (κ1) is 11.5. The molecule has 1 fully saturated rings. The molecule has 1 aliphatic rings. The summed E-state index contributed by atoms with van der Waals surface area (Å²) in [4.78, 5) is 12.7. The van der Waals surface area contributed by atoms with Crippen LogP contribution >= 0.6 is 0 Å². The molecule has 0 amide bonds. The van der Waals surface area contributed by atoms with E-state index in [9.17, 15) is 9.82 Å². The average Bonchev–Trinajstić information content (AvgIpc) is 2.49. The summed E-state index contributed by atoms with van der Waals surface area (Å²) in [5.74, 6) is -1.20. The SMILES string of the molecule is CCNC1CN(B(C)O)CC1C(=O)O. The predicted octanol–water partition coefficient (Wildman–Crippen LogP) is -0.909. The number of carbonyl (C=O) groups is 1. The number of likely N-dealkylation sites (N-methyl/N-ethyl adjacent to an activating group) is 1. The summed E-state index contributed by atoms with van der Waals surface area (Å²) >= 11 is 0. The van der Waals surface area contributed by atoms with Crippen LogP contribution in [-0.4, -0.2) is 53.6 Å². The Morgan fingerprint density at radius 3 is 2.71 bits per heavy atom. The van der Waals surface area contributed by atoms with Crippen LogP contribution < -0.4 is 5.32 Å². The molecule has 80 valence electrons. The van der Waals surface area contributed by atoms with Crippen molar-refractivity contribution in [2.45, 2.75) is 19.8 Å². The fourth-order valence-corrected chi connectivity index (χ4v) is 1.86. The second-order valence-electron chi connectivity index (χ2n) is 3.69. The smallest absolute Gasteiger partial charge is 0.376 e. The molecule has 2 atom stereocenters. The summed E-state index contributed by atoms with van der Waals surface area (Å²) in [5.41, 5.74) is 0. The molecule has 3 N–H and O–H groups in total. The lowest BCUT2D eigenvalue weighted by atomic mass is 9.86. The molecule has 6 heteroatoms. The van der Waals surface area contributed by atoms with Crippen LogP contribution in [0.15, 0.2) is 0 Å². The van der Waals surface area contributed by atoms with Crippen molar-refractivity contribution in [1.29, 1.82) is 0 Å². The normalized spacial score (nSPS) is 27.9. The Labute approximate surface area is 84.2 Å². The van der Waals surface area contributed by atoms with Crippen molar-refractivity contribution in [2.75, 3.05) is 19.6 Å². The van der Waals surface area contributed by atoms with Gasteiger partial charge in [0.15, 0.2) is 0 Å². The van der Waals surface area contributed by atoms with E-state index in [1.807, 2.05) is 6.92 Å². The van der Waals surface area contributed by atoms with E-state index in [2.05, 4.69) is 5.32 Å². The fourth-order valence-electron chi connectivity index (χ4n) is 1.86. The van der Waals surface area contributed by atoms with Crippen LogP contribution in [0.1, 0.15) is 6.92 Å². The number of aliphatic carboxylic acids is 1. The van der Waals surface area contributed by atoms with Gasteiger partial charge in [-0.25, -0.2) is 0 Å². The van der Waals surface area contributed by atoms with E-state index in [-0.39, 0.29) is 6.04 Å². The molecule has 0 radical (unpaired) electrons. The number of hydrogen-bond donors (Lipinski definition) is 3. The molecule has 1 heterocycles. The minimum absolute atomic E-state index is 0.0490. The lowest BCUT2D eigenvalue weighted by molar-refractivity contribution is -0.141. The standard InChI is InChI=1S/C8H17BN2O3/c1-3-10-7-5-11(9(2)14)4-6(7)8(12)13/h6-7,10,14H,3-5H2,1-2H3,(H,12,13). The van der Waals surface area contributed by atoms with Gasteiger partial charge in [-0.15, -0.1) is 0 Å². The number of carboxylic acids is 1. The summed E-state index contributed by atoms with van der Waals surface area (Å²) in [6.07, 6.45) is 0. The topological polar surface area (TPSA) is 72.8 Å². The summed E-state index contributed by atoms with van der Waals surface area (Å²) in [6, 6.07) is -0.0490. The van der Waals surface area contributed by atoms with Crippen molar-refractivity contribution in [3.63, 3.8) is 0 Å². The highest BCUT2D eigenvalue weighted by Gasteiger charge is 2.39. The minimum Gasteiger partial charge on any atom is -0.481 e. The molecule has 5 nitrogen and oxygen atoms in total. The number of nitrogens with zero attached hydrogens (tertiary/aromatic N) is 1. The molecular formula is C8H17BN2O3. The van der Waals surface area contributed by atoms with Crippen molar-refractivity contribution in [3.05, 3.63) is 0 Å². The van der Waals surface area contributed by atoms with Gasteiger partial charge in [0.2, 0.25) is 0 Å². The first-order valence-electron chi connectivity index (χ1n) is 4.94. The number of nitrogens with one attached hydrogen (secondary N) is 1. The van der Waals surface area contributed by atoms with Gasteiger partial charge in [-0.05, 0) is 13.4 Å². The highest BCUT2D eigenvalue weighted by atomic mass is 16.4. The van der Waals surface area contributed by atoms with Crippen molar-refractivity contribution in [2.24, 2.45) is 5.92 Å². The Bertz CT molecular complexity index is 213. The van der Waals surface area contributed by atoms with E-state index in [0.717, 1.165) is 6.54 Å². The summed E-state index contributed by atoms with van der Waals surface area (Å²) in [6.45, 7) is 5.38. The van der Waals surface area contributed by atoms with Crippen LogP contribution in [0.2, 0.25) is 6.82 Å². The Hall–Kier alpha value is -0.585. The second kappa shape index (κ2) is 4.77. The fraction of sp³-hybridized carbons (Fsp3) is 0.875. The monoisotopic (exact) mass is 200 g/mol. The lowest BCUT2D eigenvalue weighted by Gasteiger charge is -2.16. The van der Waals surface area contributed by atoms with E-state index in [1.165, 1.54) is 0 Å². The molecule has 0 aromatic heterocycles. The predicted molar refractivity (Wildman–Crippen MR) is 54.0 cm³/mol. The molecule has 0 aromatic rings. The second-order valence-corrected chi connectivity index (χ2v) is 3.69. The lowest BCUT2D eigenvalue weighted by Crippen LogP contribution is -2.40. The quantitative estimate of drug-likeness (QED) is 0.512. The first-order chi connectivity index (χ1) is 6.56. The van der Waals surface area contributed by atoms with Crippen molar-refractivity contribution < 1.29 is 14.9 Å². The molecule has 1 saturated heterocycles. The average molecular weight is 200 g/mol. The highest BCUT2D eigenvalue weighted by molar-refractivity contribution is 6.45. The molecule has 0 bridgehead atoms. The van der Waals surface area contributed by atoms with Gasteiger partial charge < -0.3 is 20.3 Å². The molecule has 0 spiro atoms. The first-order valence-corrected chi connectivity index (χ1v) is 4.94. The molecule has 0 aliphatic carbocycles. The zero-order valence-electron chi connectivity index (χ0n) is 8.60. The third-order valence-corrected chi connectivity index (χ3v) is 2.66. The molecule has 1 rings (SSSR count). The highest BCUT2D eigenvalue weighted by Crippen LogP contribution is 2.17. The maximum absolute atomic E-state index is 10.9. The zero-order chi connectivity index (χ0) is 10.7. The van der Waals surface area contributed by atoms with Crippen LogP contribution in [0, 0.1) is 5.92 Å². The largest absolute Gasteiger partial charge is 0.481 e. The van der Waals surface area contributed by atoms with Crippen molar-refractivity contribution >= 4 is 13.0 Å². The Morgan fingerprint density at radius 2 is 2.29 bits per heavy atom.